The monoisotopic (exact) mass is 297 g/mol. The lowest BCUT2D eigenvalue weighted by Crippen LogP contribution is -2.09. The normalized spacial score (nSPS) is 11.4. The lowest BCUT2D eigenvalue weighted by atomic mass is 10.0. The summed E-state index contributed by atoms with van der Waals surface area (Å²) in [4.78, 5) is 0. The van der Waals surface area contributed by atoms with Crippen molar-refractivity contribution in [2.75, 3.05) is 0 Å². The van der Waals surface area contributed by atoms with Gasteiger partial charge in [0.2, 0.25) is 0 Å². The van der Waals surface area contributed by atoms with Crippen molar-refractivity contribution in [1.29, 1.82) is 0 Å². The number of aromatic amines is 1. The van der Waals surface area contributed by atoms with Crippen LogP contribution in [0.25, 0.3) is 10.8 Å². The Hall–Kier alpha value is -1.94. The second kappa shape index (κ2) is 5.82. The molecule has 108 valence electrons. The van der Waals surface area contributed by atoms with Gasteiger partial charge >= 0.3 is 0 Å². The fourth-order valence-corrected chi connectivity index (χ4v) is 2.80. The molecule has 4 heteroatoms. The lowest BCUT2D eigenvalue weighted by molar-refractivity contribution is 0.505. The van der Waals surface area contributed by atoms with E-state index < -0.39 is 0 Å². The summed E-state index contributed by atoms with van der Waals surface area (Å²) in [7, 11) is 0. The Morgan fingerprint density at radius 2 is 1.90 bits per heavy atom. The number of nitrogens with one attached hydrogen (secondary N) is 1. The zero-order chi connectivity index (χ0) is 14.8. The van der Waals surface area contributed by atoms with E-state index >= 15 is 0 Å². The van der Waals surface area contributed by atoms with Gasteiger partial charge in [0.05, 0.1) is 0 Å². The van der Waals surface area contributed by atoms with E-state index in [1.165, 1.54) is 16.3 Å². The van der Waals surface area contributed by atoms with E-state index in [4.69, 9.17) is 12.2 Å². The van der Waals surface area contributed by atoms with Crippen molar-refractivity contribution in [2.45, 2.75) is 26.8 Å². The molecular weight excluding hydrogens is 278 g/mol. The van der Waals surface area contributed by atoms with Crippen molar-refractivity contribution in [3.8, 4) is 0 Å². The van der Waals surface area contributed by atoms with Crippen molar-refractivity contribution in [3.63, 3.8) is 0 Å². The highest BCUT2D eigenvalue weighted by Gasteiger charge is 2.09. The van der Waals surface area contributed by atoms with Crippen LogP contribution in [0, 0.1) is 10.7 Å². The molecule has 0 fully saturated rings. The van der Waals surface area contributed by atoms with Gasteiger partial charge in [-0.15, -0.1) is 0 Å². The molecule has 0 amide bonds. The maximum Gasteiger partial charge on any atom is 0.195 e. The summed E-state index contributed by atoms with van der Waals surface area (Å²) in [5.41, 5.74) is 1.26. The van der Waals surface area contributed by atoms with Crippen molar-refractivity contribution < 1.29 is 0 Å². The third kappa shape index (κ3) is 3.05. The van der Waals surface area contributed by atoms with Crippen LogP contribution in [-0.2, 0) is 13.0 Å². The van der Waals surface area contributed by atoms with E-state index in [2.05, 4.69) is 71.1 Å². The van der Waals surface area contributed by atoms with Crippen molar-refractivity contribution in [1.82, 2.24) is 14.8 Å². The van der Waals surface area contributed by atoms with E-state index in [-0.39, 0.29) is 0 Å². The Morgan fingerprint density at radius 3 is 2.67 bits per heavy atom. The number of aromatic nitrogens is 3. The summed E-state index contributed by atoms with van der Waals surface area (Å²) in [6.07, 6.45) is 0.796. The molecule has 3 aromatic rings. The molecule has 0 radical (unpaired) electrons. The minimum absolute atomic E-state index is 0.546. The van der Waals surface area contributed by atoms with Gasteiger partial charge in [-0.25, -0.2) is 0 Å². The number of rotatable bonds is 4. The van der Waals surface area contributed by atoms with Crippen molar-refractivity contribution >= 4 is 23.0 Å². The van der Waals surface area contributed by atoms with Crippen molar-refractivity contribution in [3.05, 3.63) is 58.6 Å². The molecule has 2 aromatic carbocycles. The molecule has 0 saturated carbocycles. The van der Waals surface area contributed by atoms with Crippen LogP contribution in [0.3, 0.4) is 0 Å². The lowest BCUT2D eigenvalue weighted by Gasteiger charge is -2.09. The van der Waals surface area contributed by atoms with E-state index in [9.17, 15) is 0 Å². The number of H-pyrrole nitrogens is 1. The van der Waals surface area contributed by atoms with Crippen molar-refractivity contribution in [2.24, 2.45) is 5.92 Å². The maximum absolute atomic E-state index is 5.33. The van der Waals surface area contributed by atoms with Crippen LogP contribution < -0.4 is 0 Å². The van der Waals surface area contributed by atoms with Crippen LogP contribution in [0.4, 0.5) is 0 Å². The first kappa shape index (κ1) is 14.0. The minimum atomic E-state index is 0.546. The van der Waals surface area contributed by atoms with Crippen LogP contribution in [0.5, 0.6) is 0 Å². The average Bonchev–Trinajstić information content (AvgIpc) is 2.80. The van der Waals surface area contributed by atoms with Crippen LogP contribution in [0.2, 0.25) is 0 Å². The third-order valence-corrected chi connectivity index (χ3v) is 3.87. The first-order chi connectivity index (χ1) is 10.1. The molecule has 0 saturated heterocycles. The smallest absolute Gasteiger partial charge is 0.195 e. The van der Waals surface area contributed by atoms with Gasteiger partial charge in [0, 0.05) is 13.0 Å². The van der Waals surface area contributed by atoms with Crippen LogP contribution in [-0.4, -0.2) is 14.8 Å². The predicted molar refractivity (Wildman–Crippen MR) is 89.0 cm³/mol. The van der Waals surface area contributed by atoms with Crippen LogP contribution >= 0.6 is 12.2 Å². The molecule has 0 unspecified atom stereocenters. The third-order valence-electron chi connectivity index (χ3n) is 3.56. The summed E-state index contributed by atoms with van der Waals surface area (Å²) in [6.45, 7) is 5.28. The molecule has 0 bridgehead atoms. The Morgan fingerprint density at radius 1 is 1.14 bits per heavy atom. The van der Waals surface area contributed by atoms with E-state index in [1.54, 1.807) is 0 Å². The molecule has 0 aliphatic carbocycles. The highest BCUT2D eigenvalue weighted by atomic mass is 32.1. The summed E-state index contributed by atoms with van der Waals surface area (Å²) in [5.74, 6) is 1.55. The van der Waals surface area contributed by atoms with Gasteiger partial charge in [0.25, 0.3) is 0 Å². The number of hydrogen-bond donors (Lipinski definition) is 1. The number of benzene rings is 2. The molecule has 3 rings (SSSR count). The fourth-order valence-electron chi connectivity index (χ4n) is 2.57. The molecule has 21 heavy (non-hydrogen) atoms. The molecule has 1 aromatic heterocycles. The second-order valence-corrected chi connectivity index (χ2v) is 6.19. The summed E-state index contributed by atoms with van der Waals surface area (Å²) >= 11 is 5.33. The predicted octanol–water partition coefficient (Wildman–Crippen LogP) is 4.34. The summed E-state index contributed by atoms with van der Waals surface area (Å²) in [6, 6.07) is 15.0. The van der Waals surface area contributed by atoms with Crippen LogP contribution in [0.1, 0.15) is 25.2 Å². The second-order valence-electron chi connectivity index (χ2n) is 5.81. The van der Waals surface area contributed by atoms with E-state index in [0.717, 1.165) is 18.8 Å². The van der Waals surface area contributed by atoms with Gasteiger partial charge < -0.3 is 4.57 Å². The molecule has 0 atom stereocenters. The largest absolute Gasteiger partial charge is 0.304 e. The SMILES string of the molecule is CC(C)Cn1c(Cc2ccc3ccccc3c2)n[nH]c1=S. The number of fused-ring (bicyclic) bond motifs is 1. The molecule has 3 nitrogen and oxygen atoms in total. The van der Waals surface area contributed by atoms with Gasteiger partial charge in [0.15, 0.2) is 4.77 Å². The summed E-state index contributed by atoms with van der Waals surface area (Å²) < 4.78 is 2.81. The maximum atomic E-state index is 5.33. The molecule has 1 N–H and O–H groups in total. The zero-order valence-electron chi connectivity index (χ0n) is 12.3. The van der Waals surface area contributed by atoms with Gasteiger partial charge in [0.1, 0.15) is 5.82 Å². The fraction of sp³-hybridized carbons (Fsp3) is 0.294. The summed E-state index contributed by atoms with van der Waals surface area (Å²) in [5, 5.41) is 9.84. The molecular formula is C17H19N3S. The molecule has 0 aliphatic heterocycles. The minimum Gasteiger partial charge on any atom is -0.304 e. The van der Waals surface area contributed by atoms with E-state index in [0.29, 0.717) is 10.7 Å². The molecule has 0 spiro atoms. The van der Waals surface area contributed by atoms with Gasteiger partial charge in [-0.2, -0.15) is 5.10 Å². The highest BCUT2D eigenvalue weighted by Crippen LogP contribution is 2.18. The zero-order valence-corrected chi connectivity index (χ0v) is 13.2. The van der Waals surface area contributed by atoms with Gasteiger partial charge in [-0.3, -0.25) is 5.10 Å². The standard InChI is InChI=1S/C17H19N3S/c1-12(2)11-20-16(18-19-17(20)21)10-13-7-8-14-5-3-4-6-15(14)9-13/h3-9,12H,10-11H2,1-2H3,(H,19,21). The first-order valence-electron chi connectivity index (χ1n) is 7.25. The molecule has 0 aliphatic rings. The Kier molecular flexibility index (Phi) is 3.88. The number of hydrogen-bond acceptors (Lipinski definition) is 2. The van der Waals surface area contributed by atoms with Gasteiger partial charge in [-0.1, -0.05) is 56.3 Å². The quantitative estimate of drug-likeness (QED) is 0.727. The average molecular weight is 297 g/mol. The Balaban J connectivity index is 1.93. The van der Waals surface area contributed by atoms with E-state index in [1.807, 2.05) is 0 Å². The topological polar surface area (TPSA) is 33.6 Å². The number of nitrogens with zero attached hydrogens (tertiary/aromatic N) is 2. The first-order valence-corrected chi connectivity index (χ1v) is 7.66. The van der Waals surface area contributed by atoms with Crippen LogP contribution in [0.15, 0.2) is 42.5 Å². The molecule has 1 heterocycles. The Labute approximate surface area is 129 Å². The van der Waals surface area contributed by atoms with Gasteiger partial charge in [-0.05, 0) is 34.5 Å². The Bertz CT molecular complexity index is 814. The highest BCUT2D eigenvalue weighted by molar-refractivity contribution is 7.71.